The van der Waals surface area contributed by atoms with Crippen LogP contribution in [-0.2, 0) is 4.74 Å². The lowest BCUT2D eigenvalue weighted by Gasteiger charge is -2.35. The minimum Gasteiger partial charge on any atom is -0.378 e. The molecule has 2 heterocycles. The Labute approximate surface area is 61.1 Å². The van der Waals surface area contributed by atoms with Crippen molar-refractivity contribution in [1.29, 1.82) is 0 Å². The molecule has 0 amide bonds. The summed E-state index contributed by atoms with van der Waals surface area (Å²) in [5, 5.41) is 0. The van der Waals surface area contributed by atoms with Gasteiger partial charge >= 0.3 is 0 Å². The monoisotopic (exact) mass is 139 g/mol. The summed E-state index contributed by atoms with van der Waals surface area (Å²) in [5.74, 6) is 2.17. The molecule has 0 bridgehead atoms. The summed E-state index contributed by atoms with van der Waals surface area (Å²) >= 11 is 0. The van der Waals surface area contributed by atoms with E-state index in [1.807, 2.05) is 0 Å². The van der Waals surface area contributed by atoms with Crippen LogP contribution in [0.2, 0.25) is 0 Å². The van der Waals surface area contributed by atoms with Crippen LogP contribution in [0.5, 0.6) is 0 Å². The Balaban J connectivity index is 1.63. The molecule has 0 N–H and O–H groups in total. The van der Waals surface area contributed by atoms with E-state index in [0.29, 0.717) is 0 Å². The Bertz CT molecular complexity index is 145. The summed E-state index contributed by atoms with van der Waals surface area (Å²) in [6.07, 6.45) is 1.52. The number of nitrogens with zero attached hydrogens (tertiary/aromatic N) is 1. The van der Waals surface area contributed by atoms with Crippen molar-refractivity contribution in [1.82, 2.24) is 4.90 Å². The molecule has 2 saturated heterocycles. The van der Waals surface area contributed by atoms with E-state index in [1.165, 1.54) is 19.5 Å². The molecule has 0 aromatic carbocycles. The lowest BCUT2D eigenvalue weighted by Crippen LogP contribution is -2.48. The first-order valence-electron chi connectivity index (χ1n) is 4.25. The molecule has 1 aliphatic carbocycles. The smallest absolute Gasteiger partial charge is 0.0645 e. The third-order valence-electron chi connectivity index (χ3n) is 3.14. The van der Waals surface area contributed by atoms with Crippen molar-refractivity contribution < 1.29 is 4.74 Å². The summed E-state index contributed by atoms with van der Waals surface area (Å²) in [6.45, 7) is 4.75. The third kappa shape index (κ3) is 0.663. The third-order valence-corrected chi connectivity index (χ3v) is 3.14. The van der Waals surface area contributed by atoms with Gasteiger partial charge in [0.2, 0.25) is 0 Å². The lowest BCUT2D eigenvalue weighted by molar-refractivity contribution is -0.0605. The van der Waals surface area contributed by atoms with Crippen LogP contribution in [0.4, 0.5) is 0 Å². The van der Waals surface area contributed by atoms with Gasteiger partial charge in [-0.1, -0.05) is 0 Å². The first-order chi connectivity index (χ1) is 4.93. The van der Waals surface area contributed by atoms with E-state index in [4.69, 9.17) is 4.74 Å². The molecule has 0 aromatic heterocycles. The van der Waals surface area contributed by atoms with Gasteiger partial charge in [-0.3, -0.25) is 4.90 Å². The van der Waals surface area contributed by atoms with Crippen molar-refractivity contribution in [2.24, 2.45) is 11.8 Å². The van der Waals surface area contributed by atoms with Gasteiger partial charge in [0.25, 0.3) is 0 Å². The predicted octanol–water partition coefficient (Wildman–Crippen LogP) is 0.337. The fraction of sp³-hybridized carbons (Fsp3) is 1.00. The Morgan fingerprint density at radius 2 is 1.80 bits per heavy atom. The van der Waals surface area contributed by atoms with Crippen LogP contribution in [0.1, 0.15) is 6.42 Å². The normalized spacial score (nSPS) is 46.8. The maximum Gasteiger partial charge on any atom is 0.0645 e. The average molecular weight is 139 g/mol. The van der Waals surface area contributed by atoms with Gasteiger partial charge in [0.15, 0.2) is 0 Å². The molecule has 2 aliphatic heterocycles. The molecular weight excluding hydrogens is 126 g/mol. The van der Waals surface area contributed by atoms with Crippen LogP contribution in [0.3, 0.4) is 0 Å². The predicted molar refractivity (Wildman–Crippen MR) is 37.8 cm³/mol. The van der Waals surface area contributed by atoms with Gasteiger partial charge < -0.3 is 4.74 Å². The molecule has 3 rings (SSSR count). The highest BCUT2D eigenvalue weighted by molar-refractivity contribution is 4.99. The number of rotatable bonds is 1. The quantitative estimate of drug-likeness (QED) is 0.519. The Morgan fingerprint density at radius 3 is 2.30 bits per heavy atom. The molecule has 0 aromatic rings. The van der Waals surface area contributed by atoms with Crippen LogP contribution in [0.15, 0.2) is 0 Å². The minimum absolute atomic E-state index is 0.799. The molecule has 2 nitrogen and oxygen atoms in total. The zero-order chi connectivity index (χ0) is 6.55. The van der Waals surface area contributed by atoms with Gasteiger partial charge in [0.1, 0.15) is 0 Å². The molecule has 2 heteroatoms. The standard InChI is InChI=1S/C8H13NO/c1-6-2-9(3-7(1)6)8-4-10-5-8/h6-8H,1-5H2/t6-,7?/m0/s1. The van der Waals surface area contributed by atoms with Gasteiger partial charge in [-0.25, -0.2) is 0 Å². The van der Waals surface area contributed by atoms with Crippen LogP contribution >= 0.6 is 0 Å². The fourth-order valence-corrected chi connectivity index (χ4v) is 2.17. The average Bonchev–Trinajstić information content (AvgIpc) is 2.36. The number of piperidine rings is 1. The minimum atomic E-state index is 0.799. The van der Waals surface area contributed by atoms with E-state index >= 15 is 0 Å². The second-order valence-electron chi connectivity index (χ2n) is 3.90. The molecule has 56 valence electrons. The molecule has 0 spiro atoms. The van der Waals surface area contributed by atoms with Crippen LogP contribution in [0.25, 0.3) is 0 Å². The zero-order valence-electron chi connectivity index (χ0n) is 6.12. The molecule has 1 unspecified atom stereocenters. The first kappa shape index (κ1) is 5.56. The highest BCUT2D eigenvalue weighted by Gasteiger charge is 2.47. The summed E-state index contributed by atoms with van der Waals surface area (Å²) < 4.78 is 5.16. The van der Waals surface area contributed by atoms with Gasteiger partial charge in [0.05, 0.1) is 19.3 Å². The van der Waals surface area contributed by atoms with E-state index in [9.17, 15) is 0 Å². The van der Waals surface area contributed by atoms with E-state index in [-0.39, 0.29) is 0 Å². The van der Waals surface area contributed by atoms with Gasteiger partial charge in [-0.15, -0.1) is 0 Å². The highest BCUT2D eigenvalue weighted by Crippen LogP contribution is 2.45. The summed E-state index contributed by atoms with van der Waals surface area (Å²) in [7, 11) is 0. The summed E-state index contributed by atoms with van der Waals surface area (Å²) in [4.78, 5) is 2.61. The molecule has 0 radical (unpaired) electrons. The van der Waals surface area contributed by atoms with E-state index in [0.717, 1.165) is 31.1 Å². The highest BCUT2D eigenvalue weighted by atomic mass is 16.5. The van der Waals surface area contributed by atoms with Crippen molar-refractivity contribution in [3.63, 3.8) is 0 Å². The molecule has 3 aliphatic rings. The van der Waals surface area contributed by atoms with Gasteiger partial charge in [-0.05, 0) is 18.3 Å². The summed E-state index contributed by atoms with van der Waals surface area (Å²) in [5.41, 5.74) is 0. The second kappa shape index (κ2) is 1.74. The molecule has 2 atom stereocenters. The maximum absolute atomic E-state index is 5.16. The largest absolute Gasteiger partial charge is 0.378 e. The second-order valence-corrected chi connectivity index (χ2v) is 3.90. The number of ether oxygens (including phenoxy) is 1. The Hall–Kier alpha value is -0.0800. The van der Waals surface area contributed by atoms with Crippen molar-refractivity contribution in [3.8, 4) is 0 Å². The molecule has 10 heavy (non-hydrogen) atoms. The van der Waals surface area contributed by atoms with Crippen LogP contribution < -0.4 is 0 Å². The molecule has 3 fully saturated rings. The topological polar surface area (TPSA) is 12.5 Å². The van der Waals surface area contributed by atoms with Gasteiger partial charge in [0, 0.05) is 13.1 Å². The van der Waals surface area contributed by atoms with E-state index < -0.39 is 0 Å². The zero-order valence-corrected chi connectivity index (χ0v) is 6.12. The molecule has 1 saturated carbocycles. The first-order valence-corrected chi connectivity index (χ1v) is 4.25. The summed E-state index contributed by atoms with van der Waals surface area (Å²) in [6, 6.07) is 0.799. The van der Waals surface area contributed by atoms with Crippen molar-refractivity contribution in [2.75, 3.05) is 26.3 Å². The van der Waals surface area contributed by atoms with Crippen LogP contribution in [-0.4, -0.2) is 37.2 Å². The number of hydrogen-bond acceptors (Lipinski definition) is 2. The van der Waals surface area contributed by atoms with E-state index in [2.05, 4.69) is 4.90 Å². The number of hydrogen-bond donors (Lipinski definition) is 0. The van der Waals surface area contributed by atoms with Gasteiger partial charge in [-0.2, -0.15) is 0 Å². The molecular formula is C8H13NO. The lowest BCUT2D eigenvalue weighted by atomic mass is 10.2. The van der Waals surface area contributed by atoms with E-state index in [1.54, 1.807) is 0 Å². The maximum atomic E-state index is 5.16. The SMILES string of the molecule is C1OCC1N1CC2C[C@H]2C1. The number of fused-ring (bicyclic) bond motifs is 1. The van der Waals surface area contributed by atoms with Crippen molar-refractivity contribution in [2.45, 2.75) is 12.5 Å². The van der Waals surface area contributed by atoms with Crippen molar-refractivity contribution in [3.05, 3.63) is 0 Å². The Kier molecular flexibility index (Phi) is 0.968. The fourth-order valence-electron chi connectivity index (χ4n) is 2.17. The number of likely N-dealkylation sites (tertiary alicyclic amines) is 1. The van der Waals surface area contributed by atoms with Crippen molar-refractivity contribution >= 4 is 0 Å². The Morgan fingerprint density at radius 1 is 1.10 bits per heavy atom. The van der Waals surface area contributed by atoms with Crippen LogP contribution in [0, 0.1) is 11.8 Å².